The van der Waals surface area contributed by atoms with Crippen molar-refractivity contribution in [1.29, 1.82) is 0 Å². The molecule has 0 aliphatic heterocycles. The molecule has 1 N–H and O–H groups in total. The van der Waals surface area contributed by atoms with Gasteiger partial charge in [-0.2, -0.15) is 0 Å². The summed E-state index contributed by atoms with van der Waals surface area (Å²) in [5.74, 6) is 1.73. The summed E-state index contributed by atoms with van der Waals surface area (Å²) in [4.78, 5) is 21.7. The van der Waals surface area contributed by atoms with E-state index in [-0.39, 0.29) is 11.2 Å². The number of hydrogen-bond donors (Lipinski definition) is 1. The van der Waals surface area contributed by atoms with E-state index in [0.717, 1.165) is 29.5 Å². The molecule has 0 radical (unpaired) electrons. The Bertz CT molecular complexity index is 784. The van der Waals surface area contributed by atoms with Crippen LogP contribution < -0.4 is 10.1 Å². The van der Waals surface area contributed by atoms with Crippen molar-refractivity contribution < 1.29 is 9.53 Å². The molecule has 2 aromatic rings. The van der Waals surface area contributed by atoms with Gasteiger partial charge in [0.15, 0.2) is 0 Å². The molecule has 0 aliphatic carbocycles. The molecule has 1 amide bonds. The van der Waals surface area contributed by atoms with Gasteiger partial charge in [-0.1, -0.05) is 71.6 Å². The Morgan fingerprint density at radius 1 is 1.03 bits per heavy atom. The molecule has 172 valence electrons. The second-order valence-electron chi connectivity index (χ2n) is 8.06. The Morgan fingerprint density at radius 2 is 1.74 bits per heavy atom. The molecule has 6 heteroatoms. The lowest BCUT2D eigenvalue weighted by Crippen LogP contribution is -2.26. The normalized spacial score (nSPS) is 12.1. The first-order valence-electron chi connectivity index (χ1n) is 11.9. The Kier molecular flexibility index (Phi) is 12.4. The maximum atomic E-state index is 13.3. The lowest BCUT2D eigenvalue weighted by molar-refractivity contribution is -0.115. The van der Waals surface area contributed by atoms with Gasteiger partial charge in [0.05, 0.1) is 23.6 Å². The average molecular weight is 446 g/mol. The number of fused-ring (bicyclic) bond motifs is 1. The van der Waals surface area contributed by atoms with Gasteiger partial charge >= 0.3 is 0 Å². The van der Waals surface area contributed by atoms with Gasteiger partial charge in [0.2, 0.25) is 5.91 Å². The minimum absolute atomic E-state index is 0.0441. The molecule has 0 bridgehead atoms. The second kappa shape index (κ2) is 15.1. The van der Waals surface area contributed by atoms with E-state index in [1.807, 2.05) is 12.1 Å². The second-order valence-corrected chi connectivity index (χ2v) is 9.37. The Balaban J connectivity index is 2.04. The molecule has 1 unspecified atom stereocenters. The molecule has 31 heavy (non-hydrogen) atoms. The maximum absolute atomic E-state index is 13.3. The highest BCUT2D eigenvalue weighted by molar-refractivity contribution is 8.00. The fourth-order valence-electron chi connectivity index (χ4n) is 3.69. The lowest BCUT2D eigenvalue weighted by atomic mass is 10.1. The number of benzene rings is 1. The van der Waals surface area contributed by atoms with E-state index in [0.29, 0.717) is 11.4 Å². The van der Waals surface area contributed by atoms with Crippen LogP contribution in [0.5, 0.6) is 5.75 Å². The Hall–Kier alpha value is -1.82. The van der Waals surface area contributed by atoms with Crippen LogP contribution in [0.2, 0.25) is 0 Å². The summed E-state index contributed by atoms with van der Waals surface area (Å²) in [6.45, 7) is 4.46. The zero-order chi connectivity index (χ0) is 22.3. The van der Waals surface area contributed by atoms with Crippen LogP contribution in [0, 0.1) is 0 Å². The monoisotopic (exact) mass is 445 g/mol. The summed E-state index contributed by atoms with van der Waals surface area (Å²) < 4.78 is 5.52. The van der Waals surface area contributed by atoms with Gasteiger partial charge in [0.25, 0.3) is 0 Å². The third-order valence-electron chi connectivity index (χ3n) is 5.55. The van der Waals surface area contributed by atoms with Crippen LogP contribution in [0.3, 0.4) is 0 Å². The molecule has 1 aromatic heterocycles. The van der Waals surface area contributed by atoms with E-state index in [2.05, 4.69) is 29.1 Å². The molecular weight excluding hydrogens is 406 g/mol. The smallest absolute Gasteiger partial charge is 0.237 e. The predicted molar refractivity (Wildman–Crippen MR) is 133 cm³/mol. The molecule has 5 nitrogen and oxygen atoms in total. The van der Waals surface area contributed by atoms with Gasteiger partial charge in [-0.25, -0.2) is 9.97 Å². The molecule has 1 atom stereocenters. The van der Waals surface area contributed by atoms with E-state index in [1.165, 1.54) is 64.1 Å². The lowest BCUT2D eigenvalue weighted by Gasteiger charge is -2.19. The summed E-state index contributed by atoms with van der Waals surface area (Å²) in [5.41, 5.74) is 1.47. The number of nitrogens with one attached hydrogen (secondary N) is 1. The van der Waals surface area contributed by atoms with Crippen molar-refractivity contribution in [1.82, 2.24) is 9.97 Å². The number of amides is 1. The molecule has 1 heterocycles. The third kappa shape index (κ3) is 8.68. The highest BCUT2D eigenvalue weighted by Crippen LogP contribution is 2.33. The largest absolute Gasteiger partial charge is 0.495 e. The van der Waals surface area contributed by atoms with Crippen LogP contribution in [-0.2, 0) is 4.79 Å². The van der Waals surface area contributed by atoms with Crippen molar-refractivity contribution in [2.75, 3.05) is 18.2 Å². The molecule has 2 rings (SSSR count). The standard InChI is InChI=1S/C25H39N3O2S/c1-4-6-8-10-11-12-14-23(31-17-13-9-7-5-2)25(29)28-24-20-18-26-19-27-21(20)15-16-22(24)30-3/h15-16,18-19,23H,4-14,17H2,1-3H3,(H,28,29). The summed E-state index contributed by atoms with van der Waals surface area (Å²) in [7, 11) is 1.62. The number of unbranched alkanes of at least 4 members (excludes halogenated alkanes) is 8. The van der Waals surface area contributed by atoms with E-state index in [1.54, 1.807) is 25.1 Å². The minimum Gasteiger partial charge on any atom is -0.495 e. The van der Waals surface area contributed by atoms with Crippen LogP contribution >= 0.6 is 11.8 Å². The summed E-state index contributed by atoms with van der Waals surface area (Å²) >= 11 is 1.80. The van der Waals surface area contributed by atoms with Crippen molar-refractivity contribution in [3.8, 4) is 5.75 Å². The van der Waals surface area contributed by atoms with Gasteiger partial charge in [-0.05, 0) is 30.7 Å². The minimum atomic E-state index is -0.0441. The summed E-state index contributed by atoms with van der Waals surface area (Å²) in [6.07, 6.45) is 16.5. The van der Waals surface area contributed by atoms with E-state index < -0.39 is 0 Å². The molecule has 1 aromatic carbocycles. The number of carbonyl (C=O) groups excluding carboxylic acids is 1. The molecule has 0 aliphatic rings. The van der Waals surface area contributed by atoms with Crippen molar-refractivity contribution in [3.63, 3.8) is 0 Å². The van der Waals surface area contributed by atoms with Crippen molar-refractivity contribution in [2.24, 2.45) is 0 Å². The number of ether oxygens (including phenoxy) is 1. The topological polar surface area (TPSA) is 64.1 Å². The summed E-state index contributed by atoms with van der Waals surface area (Å²) in [5, 5.41) is 3.92. The number of hydrogen-bond acceptors (Lipinski definition) is 5. The number of thioether (sulfide) groups is 1. The van der Waals surface area contributed by atoms with Crippen LogP contribution in [-0.4, -0.2) is 34.0 Å². The fraction of sp³-hybridized carbons (Fsp3) is 0.640. The Labute approximate surface area is 192 Å². The first-order valence-corrected chi connectivity index (χ1v) is 12.9. The predicted octanol–water partition coefficient (Wildman–Crippen LogP) is 7.01. The molecule has 0 spiro atoms. The first-order chi connectivity index (χ1) is 15.2. The molecule has 0 saturated heterocycles. The highest BCUT2D eigenvalue weighted by atomic mass is 32.2. The molecular formula is C25H39N3O2S. The number of nitrogens with zero attached hydrogens (tertiary/aromatic N) is 2. The van der Waals surface area contributed by atoms with Gasteiger partial charge in [-0.15, -0.1) is 11.8 Å². The quantitative estimate of drug-likeness (QED) is 0.282. The highest BCUT2D eigenvalue weighted by Gasteiger charge is 2.21. The van der Waals surface area contributed by atoms with Crippen molar-refractivity contribution >= 4 is 34.3 Å². The van der Waals surface area contributed by atoms with Crippen molar-refractivity contribution in [3.05, 3.63) is 24.7 Å². The Morgan fingerprint density at radius 3 is 2.48 bits per heavy atom. The number of methoxy groups -OCH3 is 1. The van der Waals surface area contributed by atoms with E-state index in [9.17, 15) is 4.79 Å². The SMILES string of the molecule is CCCCCCCCC(SCCCCCC)C(=O)Nc1c(OC)ccc2ncncc12. The van der Waals surface area contributed by atoms with Gasteiger partial charge in [0, 0.05) is 11.6 Å². The summed E-state index contributed by atoms with van der Waals surface area (Å²) in [6, 6.07) is 3.74. The molecule has 0 saturated carbocycles. The van der Waals surface area contributed by atoms with Crippen LogP contribution in [0.15, 0.2) is 24.7 Å². The number of anilines is 1. The van der Waals surface area contributed by atoms with Gasteiger partial charge in [-0.3, -0.25) is 4.79 Å². The average Bonchev–Trinajstić information content (AvgIpc) is 2.79. The van der Waals surface area contributed by atoms with Crippen LogP contribution in [0.25, 0.3) is 10.9 Å². The van der Waals surface area contributed by atoms with Crippen LogP contribution in [0.1, 0.15) is 84.5 Å². The van der Waals surface area contributed by atoms with Crippen LogP contribution in [0.4, 0.5) is 5.69 Å². The molecule has 0 fully saturated rings. The van der Waals surface area contributed by atoms with E-state index in [4.69, 9.17) is 4.74 Å². The zero-order valence-corrected chi connectivity index (χ0v) is 20.3. The fourth-order valence-corrected chi connectivity index (χ4v) is 4.89. The third-order valence-corrected chi connectivity index (χ3v) is 6.93. The zero-order valence-electron chi connectivity index (χ0n) is 19.5. The van der Waals surface area contributed by atoms with Crippen molar-refractivity contribution in [2.45, 2.75) is 89.7 Å². The van der Waals surface area contributed by atoms with E-state index >= 15 is 0 Å². The number of carbonyl (C=O) groups is 1. The van der Waals surface area contributed by atoms with Gasteiger partial charge < -0.3 is 10.1 Å². The maximum Gasteiger partial charge on any atom is 0.237 e. The first kappa shape index (κ1) is 25.4. The van der Waals surface area contributed by atoms with Gasteiger partial charge in [0.1, 0.15) is 12.1 Å². The number of aromatic nitrogens is 2. The number of rotatable bonds is 16.